The van der Waals surface area contributed by atoms with E-state index < -0.39 is 0 Å². The molecule has 7 heteroatoms. The lowest BCUT2D eigenvalue weighted by Crippen LogP contribution is -2.44. The van der Waals surface area contributed by atoms with E-state index in [1.165, 1.54) is 24.8 Å². The maximum absolute atomic E-state index is 12.4. The van der Waals surface area contributed by atoms with Crippen LogP contribution in [-0.4, -0.2) is 50.0 Å². The third-order valence-electron chi connectivity index (χ3n) is 5.38. The van der Waals surface area contributed by atoms with Gasteiger partial charge in [0.2, 0.25) is 5.91 Å². The van der Waals surface area contributed by atoms with Gasteiger partial charge >= 0.3 is 0 Å². The van der Waals surface area contributed by atoms with E-state index in [0.717, 1.165) is 19.0 Å². The van der Waals surface area contributed by atoms with E-state index in [-0.39, 0.29) is 24.4 Å². The molecule has 1 aromatic carbocycles. The Morgan fingerprint density at radius 3 is 2.62 bits per heavy atom. The summed E-state index contributed by atoms with van der Waals surface area (Å²) in [4.78, 5) is 28.4. The van der Waals surface area contributed by atoms with Gasteiger partial charge in [-0.15, -0.1) is 11.3 Å². The molecule has 1 unspecified atom stereocenters. The van der Waals surface area contributed by atoms with E-state index in [1.807, 2.05) is 0 Å². The lowest BCUT2D eigenvalue weighted by Gasteiger charge is -2.36. The molecule has 2 heterocycles. The van der Waals surface area contributed by atoms with Crippen LogP contribution in [0.2, 0.25) is 0 Å². The third kappa shape index (κ3) is 5.81. The second kappa shape index (κ2) is 10.4. The summed E-state index contributed by atoms with van der Waals surface area (Å²) in [6.07, 6.45) is 2.37. The highest BCUT2D eigenvalue weighted by Crippen LogP contribution is 2.29. The summed E-state index contributed by atoms with van der Waals surface area (Å²) in [5.74, 6) is 0.732. The largest absolute Gasteiger partial charge is 0.496 e. The molecule has 1 saturated heterocycles. The number of nitrogens with zero attached hydrogens (tertiary/aromatic N) is 1. The smallest absolute Gasteiger partial charge is 0.255 e. The van der Waals surface area contributed by atoms with Crippen LogP contribution >= 0.6 is 11.3 Å². The van der Waals surface area contributed by atoms with Gasteiger partial charge in [0, 0.05) is 11.4 Å². The van der Waals surface area contributed by atoms with Crippen LogP contribution in [0.3, 0.4) is 0 Å². The number of ether oxygens (including phenoxy) is 1. The molecular formula is C22H29N3O3S. The van der Waals surface area contributed by atoms with Gasteiger partial charge in [-0.3, -0.25) is 14.5 Å². The van der Waals surface area contributed by atoms with Gasteiger partial charge in [0.1, 0.15) is 5.75 Å². The minimum Gasteiger partial charge on any atom is -0.496 e. The van der Waals surface area contributed by atoms with Crippen LogP contribution < -0.4 is 15.4 Å². The fraction of sp³-hybridized carbons (Fsp3) is 0.455. The summed E-state index contributed by atoms with van der Waals surface area (Å²) in [5.41, 5.74) is 0.418. The van der Waals surface area contributed by atoms with Crippen molar-refractivity contribution in [3.63, 3.8) is 0 Å². The summed E-state index contributed by atoms with van der Waals surface area (Å²) in [6, 6.07) is 11.3. The summed E-state index contributed by atoms with van der Waals surface area (Å²) in [6.45, 7) is 4.86. The molecule has 0 aliphatic carbocycles. The van der Waals surface area contributed by atoms with Crippen molar-refractivity contribution < 1.29 is 14.3 Å². The molecule has 1 aromatic heterocycles. The summed E-state index contributed by atoms with van der Waals surface area (Å²) in [7, 11) is 1.52. The first-order valence-corrected chi connectivity index (χ1v) is 10.9. The van der Waals surface area contributed by atoms with Crippen molar-refractivity contribution in [1.29, 1.82) is 0 Å². The summed E-state index contributed by atoms with van der Waals surface area (Å²) in [5, 5.41) is 7.74. The van der Waals surface area contributed by atoms with Crippen molar-refractivity contribution >= 4 is 23.2 Å². The predicted octanol–water partition coefficient (Wildman–Crippen LogP) is 3.08. The number of rotatable bonds is 8. The van der Waals surface area contributed by atoms with Gasteiger partial charge in [-0.05, 0) is 55.4 Å². The Balaban J connectivity index is 1.53. The molecule has 1 aliphatic heterocycles. The van der Waals surface area contributed by atoms with Gasteiger partial charge < -0.3 is 15.4 Å². The van der Waals surface area contributed by atoms with Crippen molar-refractivity contribution in [1.82, 2.24) is 15.5 Å². The van der Waals surface area contributed by atoms with Crippen LogP contribution in [0.5, 0.6) is 5.75 Å². The topological polar surface area (TPSA) is 70.7 Å². The molecule has 0 saturated carbocycles. The fourth-order valence-electron chi connectivity index (χ4n) is 3.59. The number of nitrogens with one attached hydrogen (secondary N) is 2. The average molecular weight is 416 g/mol. The number of amides is 2. The van der Waals surface area contributed by atoms with Crippen LogP contribution in [-0.2, 0) is 4.79 Å². The molecule has 1 fully saturated rings. The lowest BCUT2D eigenvalue weighted by molar-refractivity contribution is -0.120. The zero-order valence-electron chi connectivity index (χ0n) is 17.0. The highest BCUT2D eigenvalue weighted by atomic mass is 32.1. The van der Waals surface area contributed by atoms with Crippen molar-refractivity contribution in [2.45, 2.75) is 25.8 Å². The maximum Gasteiger partial charge on any atom is 0.255 e. The number of hydrogen-bond donors (Lipinski definition) is 2. The van der Waals surface area contributed by atoms with E-state index in [2.05, 4.69) is 40.0 Å². The molecule has 1 aliphatic rings. The van der Waals surface area contributed by atoms with E-state index in [1.54, 1.807) is 35.6 Å². The second-order valence-corrected chi connectivity index (χ2v) is 8.42. The zero-order valence-corrected chi connectivity index (χ0v) is 17.8. The van der Waals surface area contributed by atoms with E-state index >= 15 is 0 Å². The third-order valence-corrected chi connectivity index (χ3v) is 6.36. The van der Waals surface area contributed by atoms with Crippen LogP contribution in [0, 0.1) is 5.92 Å². The minimum atomic E-state index is -0.322. The highest BCUT2D eigenvalue weighted by Gasteiger charge is 2.25. The van der Waals surface area contributed by atoms with E-state index in [0.29, 0.717) is 17.9 Å². The SMILES string of the molecule is COc1ccccc1C(=O)NCC(=O)NCC(c1cccs1)N1CCC(C)CC1. The molecular weight excluding hydrogens is 386 g/mol. The molecule has 2 N–H and O–H groups in total. The van der Waals surface area contributed by atoms with Gasteiger partial charge in [-0.1, -0.05) is 25.1 Å². The standard InChI is InChI=1S/C22H29N3O3S/c1-16-9-11-25(12-10-16)18(20-8-5-13-29-20)14-23-21(26)15-24-22(27)17-6-3-4-7-19(17)28-2/h3-8,13,16,18H,9-12,14-15H2,1-2H3,(H,23,26)(H,24,27). The Hall–Kier alpha value is -2.38. The monoisotopic (exact) mass is 415 g/mol. The summed E-state index contributed by atoms with van der Waals surface area (Å²) >= 11 is 1.72. The number of methoxy groups -OCH3 is 1. The number of benzene rings is 1. The normalized spacial score (nSPS) is 16.2. The molecule has 0 bridgehead atoms. The first kappa shape index (κ1) is 21.3. The molecule has 1 atom stereocenters. The highest BCUT2D eigenvalue weighted by molar-refractivity contribution is 7.10. The molecule has 29 heavy (non-hydrogen) atoms. The Morgan fingerprint density at radius 2 is 1.93 bits per heavy atom. The minimum absolute atomic E-state index is 0.0644. The molecule has 156 valence electrons. The number of thiophene rings is 1. The molecule has 3 rings (SSSR count). The summed E-state index contributed by atoms with van der Waals surface area (Å²) < 4.78 is 5.20. The van der Waals surface area contributed by atoms with E-state index in [9.17, 15) is 9.59 Å². The van der Waals surface area contributed by atoms with Crippen LogP contribution in [0.25, 0.3) is 0 Å². The van der Waals surface area contributed by atoms with Gasteiger partial charge in [0.25, 0.3) is 5.91 Å². The quantitative estimate of drug-likeness (QED) is 0.695. The molecule has 6 nitrogen and oxygen atoms in total. The molecule has 2 aromatic rings. The molecule has 0 radical (unpaired) electrons. The van der Waals surface area contributed by atoms with Crippen LogP contribution in [0.4, 0.5) is 0 Å². The van der Waals surface area contributed by atoms with Gasteiger partial charge in [-0.25, -0.2) is 0 Å². The maximum atomic E-state index is 12.4. The van der Waals surface area contributed by atoms with Crippen molar-refractivity contribution in [3.8, 4) is 5.75 Å². The number of hydrogen-bond acceptors (Lipinski definition) is 5. The number of para-hydroxylation sites is 1. The first-order valence-electron chi connectivity index (χ1n) is 10.0. The second-order valence-electron chi connectivity index (χ2n) is 7.44. The van der Waals surface area contributed by atoms with Gasteiger partial charge in [0.15, 0.2) is 0 Å². The predicted molar refractivity (Wildman–Crippen MR) is 115 cm³/mol. The Morgan fingerprint density at radius 1 is 1.17 bits per heavy atom. The lowest BCUT2D eigenvalue weighted by atomic mass is 9.97. The van der Waals surface area contributed by atoms with Crippen molar-refractivity contribution in [3.05, 3.63) is 52.2 Å². The molecule has 2 amide bonds. The number of likely N-dealkylation sites (tertiary alicyclic amines) is 1. The number of carbonyl (C=O) groups is 2. The van der Waals surface area contributed by atoms with Crippen molar-refractivity contribution in [2.24, 2.45) is 5.92 Å². The number of piperidine rings is 1. The van der Waals surface area contributed by atoms with Crippen molar-refractivity contribution in [2.75, 3.05) is 33.3 Å². The van der Waals surface area contributed by atoms with E-state index in [4.69, 9.17) is 4.74 Å². The average Bonchev–Trinajstić information content (AvgIpc) is 3.28. The van der Waals surface area contributed by atoms with Crippen LogP contribution in [0.1, 0.15) is 41.0 Å². The first-order chi connectivity index (χ1) is 14.1. The molecule has 0 spiro atoms. The Kier molecular flexibility index (Phi) is 7.66. The fourth-order valence-corrected chi connectivity index (χ4v) is 4.45. The van der Waals surface area contributed by atoms with Gasteiger partial charge in [-0.2, -0.15) is 0 Å². The Labute approximate surface area is 176 Å². The van der Waals surface area contributed by atoms with Gasteiger partial charge in [0.05, 0.1) is 25.3 Å². The van der Waals surface area contributed by atoms with Crippen LogP contribution in [0.15, 0.2) is 41.8 Å². The zero-order chi connectivity index (χ0) is 20.6. The number of carbonyl (C=O) groups excluding carboxylic acids is 2. The Bertz CT molecular complexity index is 801.